The summed E-state index contributed by atoms with van der Waals surface area (Å²) in [5.74, 6) is 2.59. The van der Waals surface area contributed by atoms with Crippen molar-refractivity contribution >= 4 is 11.9 Å². The number of esters is 1. The number of amides is 1. The number of carbonyl (C=O) groups is 2. The average Bonchev–Trinajstić information content (AvgIpc) is 3.16. The van der Waals surface area contributed by atoms with Crippen molar-refractivity contribution in [2.45, 2.75) is 57.8 Å². The summed E-state index contributed by atoms with van der Waals surface area (Å²) in [7, 11) is 0. The van der Waals surface area contributed by atoms with E-state index in [0.717, 1.165) is 37.1 Å². The van der Waals surface area contributed by atoms with E-state index in [1.54, 1.807) is 0 Å². The van der Waals surface area contributed by atoms with Crippen molar-refractivity contribution in [2.24, 2.45) is 23.2 Å². The van der Waals surface area contributed by atoms with Crippen molar-refractivity contribution in [1.82, 2.24) is 5.32 Å². The number of benzene rings is 1. The second kappa shape index (κ2) is 7.66. The Bertz CT molecular complexity index is 767. The van der Waals surface area contributed by atoms with Gasteiger partial charge in [-0.15, -0.1) is 0 Å². The zero-order chi connectivity index (χ0) is 19.8. The van der Waals surface area contributed by atoms with E-state index in [-0.39, 0.29) is 19.1 Å². The van der Waals surface area contributed by atoms with Gasteiger partial charge in [-0.1, -0.05) is 6.07 Å². The van der Waals surface area contributed by atoms with E-state index in [1.165, 1.54) is 56.1 Å². The van der Waals surface area contributed by atoms with E-state index in [0.29, 0.717) is 11.2 Å². The van der Waals surface area contributed by atoms with Crippen LogP contribution in [0.25, 0.3) is 0 Å². The first kappa shape index (κ1) is 19.0. The van der Waals surface area contributed by atoms with Gasteiger partial charge in [-0.25, -0.2) is 4.79 Å². The molecule has 0 saturated heterocycles. The zero-order valence-electron chi connectivity index (χ0n) is 17.1. The van der Waals surface area contributed by atoms with Gasteiger partial charge in [0.1, 0.15) is 5.75 Å². The minimum atomic E-state index is -0.504. The van der Waals surface area contributed by atoms with E-state index in [2.05, 4.69) is 11.4 Å². The topological polar surface area (TPSA) is 64.6 Å². The molecule has 5 aliphatic carbocycles. The molecule has 0 spiro atoms. The molecule has 0 aliphatic heterocycles. The Balaban J connectivity index is 1.03. The molecule has 0 atom stereocenters. The third-order valence-corrected chi connectivity index (χ3v) is 7.62. The second-order valence-electron chi connectivity index (χ2n) is 9.93. The fourth-order valence-electron chi connectivity index (χ4n) is 6.81. The lowest BCUT2D eigenvalue weighted by molar-refractivity contribution is -0.150. The maximum atomic E-state index is 12.2. The van der Waals surface area contributed by atoms with Gasteiger partial charge >= 0.3 is 5.97 Å². The molecule has 0 aromatic heterocycles. The Labute approximate surface area is 172 Å². The molecule has 4 saturated carbocycles. The summed E-state index contributed by atoms with van der Waals surface area (Å²) in [6.45, 7) is 0.346. The van der Waals surface area contributed by atoms with Gasteiger partial charge in [-0.3, -0.25) is 4.79 Å². The summed E-state index contributed by atoms with van der Waals surface area (Å²) < 4.78 is 10.7. The lowest BCUT2D eigenvalue weighted by atomic mass is 9.49. The highest BCUT2D eigenvalue weighted by atomic mass is 16.6. The molecule has 0 unspecified atom stereocenters. The molecule has 0 radical (unpaired) electrons. The second-order valence-corrected chi connectivity index (χ2v) is 9.93. The van der Waals surface area contributed by atoms with Gasteiger partial charge in [0.2, 0.25) is 0 Å². The number of hydrogen-bond donors (Lipinski definition) is 1. The first-order valence-electron chi connectivity index (χ1n) is 11.2. The maximum Gasteiger partial charge on any atom is 0.344 e. The van der Waals surface area contributed by atoms with Gasteiger partial charge in [0.05, 0.1) is 0 Å². The fraction of sp³-hybridized carbons (Fsp3) is 0.667. The average molecular weight is 398 g/mol. The van der Waals surface area contributed by atoms with Gasteiger partial charge in [-0.2, -0.15) is 0 Å². The number of hydrogen-bond acceptors (Lipinski definition) is 4. The summed E-state index contributed by atoms with van der Waals surface area (Å²) in [5, 5.41) is 3.04. The molecular weight excluding hydrogens is 366 g/mol. The van der Waals surface area contributed by atoms with Gasteiger partial charge in [0.15, 0.2) is 13.2 Å². The Morgan fingerprint density at radius 3 is 2.38 bits per heavy atom. The standard InChI is InChI=1S/C24H31NO4/c26-22(25-15-24-10-16-6-17(11-24)8-18(7-16)12-24)13-29-23(27)14-28-21-5-4-19-2-1-3-20(19)9-21/h4-5,9,16-18H,1-3,6-8,10-15H2,(H,25,26). The minimum absolute atomic E-state index is 0.166. The Kier molecular flexibility index (Phi) is 5.00. The van der Waals surface area contributed by atoms with Crippen molar-refractivity contribution in [3.63, 3.8) is 0 Å². The van der Waals surface area contributed by atoms with Crippen LogP contribution >= 0.6 is 0 Å². The molecule has 1 aromatic carbocycles. The summed E-state index contributed by atoms with van der Waals surface area (Å²) in [6.07, 6.45) is 11.3. The normalized spacial score (nSPS) is 31.4. The van der Waals surface area contributed by atoms with Crippen LogP contribution < -0.4 is 10.1 Å². The van der Waals surface area contributed by atoms with Crippen LogP contribution in [0.5, 0.6) is 5.75 Å². The SMILES string of the molecule is O=C(COC(=O)COc1ccc2c(c1)CCC2)NCC12CC3CC(CC(C3)C1)C2. The molecule has 6 rings (SSSR count). The largest absolute Gasteiger partial charge is 0.482 e. The van der Waals surface area contributed by atoms with Crippen molar-refractivity contribution in [1.29, 1.82) is 0 Å². The van der Waals surface area contributed by atoms with Crippen LogP contribution in [0.15, 0.2) is 18.2 Å². The Morgan fingerprint density at radius 2 is 1.66 bits per heavy atom. The van der Waals surface area contributed by atoms with Gasteiger partial charge in [0.25, 0.3) is 5.91 Å². The predicted molar refractivity (Wildman–Crippen MR) is 109 cm³/mol. The molecule has 0 heterocycles. The number of nitrogens with one attached hydrogen (secondary N) is 1. The molecule has 1 amide bonds. The van der Waals surface area contributed by atoms with Crippen molar-refractivity contribution in [3.05, 3.63) is 29.3 Å². The molecule has 1 aromatic rings. The number of aryl methyl sites for hydroxylation is 2. The van der Waals surface area contributed by atoms with Crippen LogP contribution in [-0.4, -0.2) is 31.6 Å². The molecule has 29 heavy (non-hydrogen) atoms. The summed E-state index contributed by atoms with van der Waals surface area (Å²) in [4.78, 5) is 24.2. The van der Waals surface area contributed by atoms with Crippen LogP contribution in [0.2, 0.25) is 0 Å². The number of fused-ring (bicyclic) bond motifs is 1. The van der Waals surface area contributed by atoms with Crippen LogP contribution in [0.4, 0.5) is 0 Å². The van der Waals surface area contributed by atoms with Gasteiger partial charge < -0.3 is 14.8 Å². The van der Waals surface area contributed by atoms with Crippen molar-refractivity contribution in [2.75, 3.05) is 19.8 Å². The quantitative estimate of drug-likeness (QED) is 0.716. The summed E-state index contributed by atoms with van der Waals surface area (Å²) in [6, 6.07) is 5.98. The highest BCUT2D eigenvalue weighted by Gasteiger charge is 2.50. The highest BCUT2D eigenvalue weighted by Crippen LogP contribution is 2.59. The molecule has 4 bridgehead atoms. The van der Waals surface area contributed by atoms with Crippen LogP contribution in [0, 0.1) is 23.2 Å². The van der Waals surface area contributed by atoms with Gasteiger partial charge in [-0.05, 0) is 104 Å². The highest BCUT2D eigenvalue weighted by molar-refractivity contribution is 5.80. The lowest BCUT2D eigenvalue weighted by Crippen LogP contribution is -2.51. The monoisotopic (exact) mass is 397 g/mol. The summed E-state index contributed by atoms with van der Waals surface area (Å²) >= 11 is 0. The third kappa shape index (κ3) is 4.15. The van der Waals surface area contributed by atoms with Crippen LogP contribution in [0.3, 0.4) is 0 Å². The molecule has 156 valence electrons. The molecule has 5 aliphatic rings. The zero-order valence-corrected chi connectivity index (χ0v) is 17.1. The number of rotatable bonds is 7. The molecule has 1 N–H and O–H groups in total. The predicted octanol–water partition coefficient (Wildman–Crippen LogP) is 3.43. The van der Waals surface area contributed by atoms with E-state index < -0.39 is 5.97 Å². The van der Waals surface area contributed by atoms with Crippen molar-refractivity contribution in [3.8, 4) is 5.75 Å². The first-order chi connectivity index (χ1) is 14.1. The van der Waals surface area contributed by atoms with E-state index in [9.17, 15) is 9.59 Å². The third-order valence-electron chi connectivity index (χ3n) is 7.62. The molecule has 4 fully saturated rings. The smallest absolute Gasteiger partial charge is 0.344 e. The molecule has 5 heteroatoms. The minimum Gasteiger partial charge on any atom is -0.482 e. The number of carbonyl (C=O) groups excluding carboxylic acids is 2. The molecule has 5 nitrogen and oxygen atoms in total. The van der Waals surface area contributed by atoms with Crippen LogP contribution in [0.1, 0.15) is 56.1 Å². The van der Waals surface area contributed by atoms with Crippen molar-refractivity contribution < 1.29 is 19.1 Å². The number of ether oxygens (including phenoxy) is 2. The van der Waals surface area contributed by atoms with E-state index >= 15 is 0 Å². The lowest BCUT2D eigenvalue weighted by Gasteiger charge is -2.56. The maximum absolute atomic E-state index is 12.2. The first-order valence-corrected chi connectivity index (χ1v) is 11.2. The Hall–Kier alpha value is -2.04. The van der Waals surface area contributed by atoms with Gasteiger partial charge in [0, 0.05) is 6.54 Å². The van der Waals surface area contributed by atoms with E-state index in [4.69, 9.17) is 9.47 Å². The van der Waals surface area contributed by atoms with Crippen LogP contribution in [-0.2, 0) is 27.2 Å². The van der Waals surface area contributed by atoms with E-state index in [1.807, 2.05) is 12.1 Å². The summed E-state index contributed by atoms with van der Waals surface area (Å²) in [5.41, 5.74) is 2.97. The Morgan fingerprint density at radius 1 is 0.966 bits per heavy atom. The molecular formula is C24H31NO4. The fourth-order valence-corrected chi connectivity index (χ4v) is 6.81.